The molecule has 21 heavy (non-hydrogen) atoms. The second-order valence-corrected chi connectivity index (χ2v) is 8.02. The van der Waals surface area contributed by atoms with Gasteiger partial charge in [0.15, 0.2) is 5.13 Å². The molecule has 0 saturated carbocycles. The fraction of sp³-hybridized carbons (Fsp3) is 0.812. The van der Waals surface area contributed by atoms with Crippen molar-refractivity contribution in [2.24, 2.45) is 0 Å². The smallest absolute Gasteiger partial charge is 0.185 e. The number of thiazole rings is 1. The highest BCUT2D eigenvalue weighted by Crippen LogP contribution is 2.37. The topological polar surface area (TPSA) is 31.4 Å². The Labute approximate surface area is 132 Å². The number of rotatable bonds is 3. The fourth-order valence-corrected chi connectivity index (χ4v) is 4.58. The van der Waals surface area contributed by atoms with E-state index in [1.54, 1.807) is 0 Å². The van der Waals surface area contributed by atoms with Gasteiger partial charge in [0, 0.05) is 30.1 Å². The fourth-order valence-electron chi connectivity index (χ4n) is 3.39. The van der Waals surface area contributed by atoms with Crippen LogP contribution in [0.1, 0.15) is 50.2 Å². The van der Waals surface area contributed by atoms with Gasteiger partial charge >= 0.3 is 0 Å². The molecule has 2 aliphatic rings. The van der Waals surface area contributed by atoms with Gasteiger partial charge in [-0.2, -0.15) is 0 Å². The maximum atomic E-state index is 5.03. The van der Waals surface area contributed by atoms with E-state index in [0.717, 1.165) is 26.2 Å². The van der Waals surface area contributed by atoms with E-state index in [2.05, 4.69) is 42.9 Å². The molecule has 0 aromatic carbocycles. The minimum atomic E-state index is 0.228. The van der Waals surface area contributed by atoms with Gasteiger partial charge in [0.2, 0.25) is 0 Å². The molecule has 1 N–H and O–H groups in total. The number of piperazine rings is 1. The number of aromatic nitrogens is 1. The van der Waals surface area contributed by atoms with Crippen LogP contribution in [0.4, 0.5) is 5.13 Å². The summed E-state index contributed by atoms with van der Waals surface area (Å²) < 4.78 is 0. The van der Waals surface area contributed by atoms with Gasteiger partial charge in [-0.25, -0.2) is 4.98 Å². The number of likely N-dealkylation sites (N-methyl/N-ethyl adjacent to an activating group) is 1. The number of nitrogens with zero attached hydrogens (tertiary/aromatic N) is 3. The van der Waals surface area contributed by atoms with Crippen molar-refractivity contribution >= 4 is 16.5 Å². The van der Waals surface area contributed by atoms with E-state index in [1.807, 2.05) is 11.3 Å². The monoisotopic (exact) mass is 308 g/mol. The van der Waals surface area contributed by atoms with Crippen LogP contribution in [0, 0.1) is 0 Å². The Morgan fingerprint density at radius 2 is 2.19 bits per heavy atom. The van der Waals surface area contributed by atoms with E-state index in [4.69, 9.17) is 4.98 Å². The molecule has 5 heteroatoms. The Bertz CT molecular complexity index is 496. The summed E-state index contributed by atoms with van der Waals surface area (Å²) in [5.41, 5.74) is 1.56. The summed E-state index contributed by atoms with van der Waals surface area (Å²) in [4.78, 5) is 11.5. The zero-order chi connectivity index (χ0) is 15.0. The molecule has 2 heterocycles. The summed E-state index contributed by atoms with van der Waals surface area (Å²) in [6, 6.07) is 0.476. The van der Waals surface area contributed by atoms with Crippen LogP contribution in [0.5, 0.6) is 0 Å². The van der Waals surface area contributed by atoms with Crippen LogP contribution in [0.2, 0.25) is 0 Å². The first kappa shape index (κ1) is 15.3. The number of nitrogens with one attached hydrogen (secondary N) is 1. The molecule has 1 unspecified atom stereocenters. The standard InChI is InChI=1S/C16H28N4S/c1-5-17-12-7-6-8-13-14(12)18-15(21-13)20-10-9-19(4)16(2,3)11-20/h12,17H,5-11H2,1-4H3. The first-order valence-corrected chi connectivity index (χ1v) is 9.02. The summed E-state index contributed by atoms with van der Waals surface area (Å²) in [5, 5.41) is 4.84. The summed E-state index contributed by atoms with van der Waals surface area (Å²) >= 11 is 1.93. The van der Waals surface area contributed by atoms with Crippen LogP contribution < -0.4 is 10.2 Å². The number of anilines is 1. The van der Waals surface area contributed by atoms with E-state index >= 15 is 0 Å². The quantitative estimate of drug-likeness (QED) is 0.930. The van der Waals surface area contributed by atoms with Crippen LogP contribution in [-0.4, -0.2) is 48.6 Å². The number of fused-ring (bicyclic) bond motifs is 1. The van der Waals surface area contributed by atoms with Gasteiger partial charge in [0.1, 0.15) is 0 Å². The van der Waals surface area contributed by atoms with Crippen molar-refractivity contribution in [3.8, 4) is 0 Å². The molecule has 1 fully saturated rings. The van der Waals surface area contributed by atoms with Crippen LogP contribution in [0.15, 0.2) is 0 Å². The van der Waals surface area contributed by atoms with Crippen LogP contribution in [0.25, 0.3) is 0 Å². The molecule has 0 bridgehead atoms. The maximum absolute atomic E-state index is 5.03. The first-order valence-electron chi connectivity index (χ1n) is 8.20. The van der Waals surface area contributed by atoms with Crippen LogP contribution in [0.3, 0.4) is 0 Å². The lowest BCUT2D eigenvalue weighted by atomic mass is 9.98. The Morgan fingerprint density at radius 1 is 1.38 bits per heavy atom. The second kappa shape index (κ2) is 5.86. The van der Waals surface area contributed by atoms with Crippen molar-refractivity contribution < 1.29 is 0 Å². The lowest BCUT2D eigenvalue weighted by molar-refractivity contribution is 0.139. The molecule has 1 aromatic rings. The van der Waals surface area contributed by atoms with Gasteiger partial charge in [0.25, 0.3) is 0 Å². The Morgan fingerprint density at radius 3 is 2.90 bits per heavy atom. The highest BCUT2D eigenvalue weighted by molar-refractivity contribution is 7.15. The lowest BCUT2D eigenvalue weighted by Crippen LogP contribution is -2.57. The molecule has 0 radical (unpaired) electrons. The number of hydrogen-bond donors (Lipinski definition) is 1. The van der Waals surface area contributed by atoms with Crippen LogP contribution >= 0.6 is 11.3 Å². The van der Waals surface area contributed by atoms with Crippen molar-refractivity contribution in [3.05, 3.63) is 10.6 Å². The van der Waals surface area contributed by atoms with Crippen molar-refractivity contribution in [1.29, 1.82) is 0 Å². The van der Waals surface area contributed by atoms with Crippen molar-refractivity contribution in [1.82, 2.24) is 15.2 Å². The average molecular weight is 308 g/mol. The second-order valence-electron chi connectivity index (χ2n) is 6.96. The summed E-state index contributed by atoms with van der Waals surface area (Å²) in [5.74, 6) is 0. The van der Waals surface area contributed by atoms with Gasteiger partial charge in [0.05, 0.1) is 11.7 Å². The molecular formula is C16H28N4S. The van der Waals surface area contributed by atoms with Gasteiger partial charge in [-0.1, -0.05) is 6.92 Å². The summed E-state index contributed by atoms with van der Waals surface area (Å²) in [6.45, 7) is 11.2. The van der Waals surface area contributed by atoms with E-state index in [-0.39, 0.29) is 5.54 Å². The van der Waals surface area contributed by atoms with Crippen molar-refractivity contribution in [2.75, 3.05) is 38.1 Å². The van der Waals surface area contributed by atoms with Crippen molar-refractivity contribution in [2.45, 2.75) is 51.6 Å². The molecule has 118 valence electrons. The zero-order valence-electron chi connectivity index (χ0n) is 13.8. The summed E-state index contributed by atoms with van der Waals surface area (Å²) in [7, 11) is 2.23. The molecular weight excluding hydrogens is 280 g/mol. The largest absolute Gasteiger partial charge is 0.345 e. The van der Waals surface area contributed by atoms with Gasteiger partial charge in [-0.05, 0) is 46.7 Å². The average Bonchev–Trinajstić information content (AvgIpc) is 2.87. The normalized spacial score (nSPS) is 25.9. The number of hydrogen-bond acceptors (Lipinski definition) is 5. The van der Waals surface area contributed by atoms with Gasteiger partial charge in [-0.15, -0.1) is 11.3 Å². The highest BCUT2D eigenvalue weighted by Gasteiger charge is 2.33. The number of aryl methyl sites for hydroxylation is 1. The highest BCUT2D eigenvalue weighted by atomic mass is 32.1. The van der Waals surface area contributed by atoms with E-state index in [9.17, 15) is 0 Å². The third-order valence-corrected chi connectivity index (χ3v) is 6.17. The maximum Gasteiger partial charge on any atom is 0.185 e. The third-order valence-electron chi connectivity index (χ3n) is 4.98. The zero-order valence-corrected chi connectivity index (χ0v) is 14.6. The molecule has 4 nitrogen and oxygen atoms in total. The molecule has 0 amide bonds. The SMILES string of the molecule is CCNC1CCCc2sc(N3CCN(C)C(C)(C)C3)nc21. The molecule has 1 aliphatic heterocycles. The minimum Gasteiger partial charge on any atom is -0.345 e. The Kier molecular flexibility index (Phi) is 4.26. The van der Waals surface area contributed by atoms with E-state index in [1.165, 1.54) is 35.0 Å². The first-order chi connectivity index (χ1) is 10.0. The van der Waals surface area contributed by atoms with Gasteiger partial charge < -0.3 is 10.2 Å². The predicted molar refractivity (Wildman–Crippen MR) is 90.4 cm³/mol. The molecule has 1 atom stereocenters. The molecule has 0 spiro atoms. The predicted octanol–water partition coefficient (Wildman–Crippen LogP) is 2.66. The molecule has 1 aliphatic carbocycles. The molecule has 1 saturated heterocycles. The Hall–Kier alpha value is -0.650. The van der Waals surface area contributed by atoms with Gasteiger partial charge in [-0.3, -0.25) is 4.90 Å². The van der Waals surface area contributed by atoms with E-state index in [0.29, 0.717) is 6.04 Å². The lowest BCUT2D eigenvalue weighted by Gasteiger charge is -2.45. The molecule has 1 aromatic heterocycles. The minimum absolute atomic E-state index is 0.228. The Balaban J connectivity index is 1.81. The van der Waals surface area contributed by atoms with E-state index < -0.39 is 0 Å². The van der Waals surface area contributed by atoms with Crippen LogP contribution in [-0.2, 0) is 6.42 Å². The molecule has 3 rings (SSSR count). The van der Waals surface area contributed by atoms with Crippen molar-refractivity contribution in [3.63, 3.8) is 0 Å². The third kappa shape index (κ3) is 2.96. The summed E-state index contributed by atoms with van der Waals surface area (Å²) in [6.07, 6.45) is 3.74.